The third-order valence-electron chi connectivity index (χ3n) is 3.01. The van der Waals surface area contributed by atoms with Crippen molar-refractivity contribution in [1.82, 2.24) is 0 Å². The third kappa shape index (κ3) is 4.50. The van der Waals surface area contributed by atoms with E-state index in [1.807, 2.05) is 0 Å². The van der Waals surface area contributed by atoms with E-state index in [1.165, 1.54) is 13.0 Å². The molecule has 2 amide bonds. The van der Waals surface area contributed by atoms with Crippen LogP contribution >= 0.6 is 11.6 Å². The first-order valence-corrected chi connectivity index (χ1v) is 7.03. The maximum atomic E-state index is 13.3. The van der Waals surface area contributed by atoms with Crippen molar-refractivity contribution in [3.05, 3.63) is 59.1 Å². The molecule has 0 aliphatic carbocycles. The highest BCUT2D eigenvalue weighted by molar-refractivity contribution is 6.30. The highest BCUT2D eigenvalue weighted by atomic mass is 35.5. The molecule has 0 spiro atoms. The summed E-state index contributed by atoms with van der Waals surface area (Å²) in [6, 6.07) is 9.50. The molecule has 7 heteroatoms. The molecule has 2 aromatic carbocycles. The molecule has 0 aliphatic rings. The highest BCUT2D eigenvalue weighted by Crippen LogP contribution is 2.19. The second-order valence-corrected chi connectivity index (χ2v) is 5.20. The zero-order valence-corrected chi connectivity index (χ0v) is 12.9. The number of hydrogen-bond donors (Lipinski definition) is 1. The lowest BCUT2D eigenvalue weighted by Gasteiger charge is -2.20. The van der Waals surface area contributed by atoms with Crippen molar-refractivity contribution in [3.63, 3.8) is 0 Å². The van der Waals surface area contributed by atoms with Gasteiger partial charge in [0.2, 0.25) is 11.8 Å². The van der Waals surface area contributed by atoms with Crippen molar-refractivity contribution >= 4 is 34.8 Å². The molecule has 2 rings (SSSR count). The maximum absolute atomic E-state index is 13.3. The van der Waals surface area contributed by atoms with Crippen LogP contribution in [0.25, 0.3) is 0 Å². The second-order valence-electron chi connectivity index (χ2n) is 4.76. The highest BCUT2D eigenvalue weighted by Gasteiger charge is 2.17. The number of amides is 2. The van der Waals surface area contributed by atoms with E-state index in [4.69, 9.17) is 11.6 Å². The largest absolute Gasteiger partial charge is 0.324 e. The summed E-state index contributed by atoms with van der Waals surface area (Å²) in [5.41, 5.74) is 0.564. The zero-order chi connectivity index (χ0) is 17.0. The molecule has 120 valence electrons. The summed E-state index contributed by atoms with van der Waals surface area (Å²) in [7, 11) is 0. The summed E-state index contributed by atoms with van der Waals surface area (Å²) in [4.78, 5) is 24.8. The van der Waals surface area contributed by atoms with E-state index in [-0.39, 0.29) is 12.2 Å². The summed E-state index contributed by atoms with van der Waals surface area (Å²) in [6.07, 6.45) is 0. The zero-order valence-electron chi connectivity index (χ0n) is 12.1. The molecule has 1 N–H and O–H groups in total. The fourth-order valence-corrected chi connectivity index (χ4v) is 2.14. The van der Waals surface area contributed by atoms with Crippen LogP contribution in [0.1, 0.15) is 6.92 Å². The molecule has 0 bridgehead atoms. The molecule has 2 aromatic rings. The van der Waals surface area contributed by atoms with Gasteiger partial charge in [-0.1, -0.05) is 17.7 Å². The van der Waals surface area contributed by atoms with E-state index in [9.17, 15) is 18.4 Å². The minimum Gasteiger partial charge on any atom is -0.324 e. The smallest absolute Gasteiger partial charge is 0.244 e. The summed E-state index contributed by atoms with van der Waals surface area (Å²) in [6.45, 7) is 0.890. The van der Waals surface area contributed by atoms with Gasteiger partial charge in [-0.2, -0.15) is 0 Å². The van der Waals surface area contributed by atoms with Crippen molar-refractivity contribution in [2.24, 2.45) is 0 Å². The fourth-order valence-electron chi connectivity index (χ4n) is 1.95. The molecule has 4 nitrogen and oxygen atoms in total. The standard InChI is InChI=1S/C16H13ClF2N2O2/c1-10(22)21(13-5-6-14(18)15(19)8-13)9-16(23)20-12-4-2-3-11(17)7-12/h2-8H,9H2,1H3,(H,20,23). The summed E-state index contributed by atoms with van der Waals surface area (Å²) < 4.78 is 26.3. The van der Waals surface area contributed by atoms with Gasteiger partial charge < -0.3 is 10.2 Å². The number of hydrogen-bond acceptors (Lipinski definition) is 2. The Morgan fingerprint density at radius 3 is 2.48 bits per heavy atom. The molecule has 0 aromatic heterocycles. The van der Waals surface area contributed by atoms with Crippen molar-refractivity contribution in [2.75, 3.05) is 16.8 Å². The SMILES string of the molecule is CC(=O)N(CC(=O)Nc1cccc(Cl)c1)c1ccc(F)c(F)c1. The minimum absolute atomic E-state index is 0.0950. The van der Waals surface area contributed by atoms with Crippen LogP contribution in [0.5, 0.6) is 0 Å². The number of carbonyl (C=O) groups is 2. The molecular formula is C16H13ClF2N2O2. The van der Waals surface area contributed by atoms with Crippen molar-refractivity contribution in [2.45, 2.75) is 6.92 Å². The average Bonchev–Trinajstić information content (AvgIpc) is 2.47. The average molecular weight is 339 g/mol. The van der Waals surface area contributed by atoms with Gasteiger partial charge in [-0.3, -0.25) is 9.59 Å². The van der Waals surface area contributed by atoms with Crippen molar-refractivity contribution in [1.29, 1.82) is 0 Å². The van der Waals surface area contributed by atoms with Crippen LogP contribution in [0, 0.1) is 11.6 Å². The first-order chi connectivity index (χ1) is 10.9. The van der Waals surface area contributed by atoms with Crippen molar-refractivity contribution in [3.8, 4) is 0 Å². The topological polar surface area (TPSA) is 49.4 Å². The van der Waals surface area contributed by atoms with Gasteiger partial charge >= 0.3 is 0 Å². The second kappa shape index (κ2) is 7.19. The summed E-state index contributed by atoms with van der Waals surface area (Å²) in [5.74, 6) is -3.09. The molecule has 0 atom stereocenters. The van der Waals surface area contributed by atoms with E-state index >= 15 is 0 Å². The third-order valence-corrected chi connectivity index (χ3v) is 3.24. The lowest BCUT2D eigenvalue weighted by atomic mass is 10.2. The number of nitrogens with one attached hydrogen (secondary N) is 1. The first-order valence-electron chi connectivity index (χ1n) is 6.65. The molecule has 0 radical (unpaired) electrons. The molecule has 0 unspecified atom stereocenters. The Morgan fingerprint density at radius 1 is 1.13 bits per heavy atom. The van der Waals surface area contributed by atoms with Crippen LogP contribution in [-0.4, -0.2) is 18.4 Å². The van der Waals surface area contributed by atoms with Gasteiger partial charge in [-0.15, -0.1) is 0 Å². The van der Waals surface area contributed by atoms with E-state index in [2.05, 4.69) is 5.32 Å². The molecule has 23 heavy (non-hydrogen) atoms. The number of carbonyl (C=O) groups excluding carboxylic acids is 2. The van der Waals surface area contributed by atoms with Gasteiger partial charge in [-0.05, 0) is 30.3 Å². The van der Waals surface area contributed by atoms with Crippen LogP contribution in [-0.2, 0) is 9.59 Å². The summed E-state index contributed by atoms with van der Waals surface area (Å²) >= 11 is 5.82. The molecule has 0 aliphatic heterocycles. The predicted molar refractivity (Wildman–Crippen MR) is 84.5 cm³/mol. The van der Waals surface area contributed by atoms with Gasteiger partial charge in [0.25, 0.3) is 0 Å². The van der Waals surface area contributed by atoms with E-state index in [1.54, 1.807) is 24.3 Å². The molecular weight excluding hydrogens is 326 g/mol. The number of anilines is 2. The lowest BCUT2D eigenvalue weighted by Crippen LogP contribution is -2.36. The Hall–Kier alpha value is -2.47. The minimum atomic E-state index is -1.09. The molecule has 0 heterocycles. The van der Waals surface area contributed by atoms with Gasteiger partial charge in [0.15, 0.2) is 11.6 Å². The van der Waals surface area contributed by atoms with Crippen LogP contribution in [0.15, 0.2) is 42.5 Å². The Labute approximate surface area is 136 Å². The van der Waals surface area contributed by atoms with Crippen LogP contribution in [0.3, 0.4) is 0 Å². The Balaban J connectivity index is 2.14. The molecule has 0 fully saturated rings. The molecule has 0 saturated carbocycles. The van der Waals surface area contributed by atoms with Gasteiger partial charge in [-0.25, -0.2) is 8.78 Å². The number of benzene rings is 2. The van der Waals surface area contributed by atoms with Gasteiger partial charge in [0.1, 0.15) is 6.54 Å². The maximum Gasteiger partial charge on any atom is 0.244 e. The van der Waals surface area contributed by atoms with Gasteiger partial charge in [0, 0.05) is 29.4 Å². The van der Waals surface area contributed by atoms with Crippen LogP contribution < -0.4 is 10.2 Å². The Morgan fingerprint density at radius 2 is 1.87 bits per heavy atom. The van der Waals surface area contributed by atoms with Crippen LogP contribution in [0.4, 0.5) is 20.2 Å². The molecule has 0 saturated heterocycles. The first kappa shape index (κ1) is 16.9. The van der Waals surface area contributed by atoms with E-state index < -0.39 is 23.4 Å². The Bertz CT molecular complexity index is 753. The van der Waals surface area contributed by atoms with Crippen molar-refractivity contribution < 1.29 is 18.4 Å². The predicted octanol–water partition coefficient (Wildman–Crippen LogP) is 3.61. The normalized spacial score (nSPS) is 10.3. The lowest BCUT2D eigenvalue weighted by molar-refractivity contribution is -0.120. The number of rotatable bonds is 4. The Kier molecular flexibility index (Phi) is 5.28. The van der Waals surface area contributed by atoms with Gasteiger partial charge in [0.05, 0.1) is 0 Å². The van der Waals surface area contributed by atoms with E-state index in [0.29, 0.717) is 10.7 Å². The number of halogens is 3. The monoisotopic (exact) mass is 338 g/mol. The fraction of sp³-hybridized carbons (Fsp3) is 0.125. The summed E-state index contributed by atoms with van der Waals surface area (Å²) in [5, 5.41) is 3.03. The number of nitrogens with zero attached hydrogens (tertiary/aromatic N) is 1. The van der Waals surface area contributed by atoms with Crippen LogP contribution in [0.2, 0.25) is 5.02 Å². The quantitative estimate of drug-likeness (QED) is 0.925. The van der Waals surface area contributed by atoms with E-state index in [0.717, 1.165) is 17.0 Å².